The Kier molecular flexibility index (Phi) is 6.41. The maximum atomic E-state index is 11.6. The summed E-state index contributed by atoms with van der Waals surface area (Å²) in [5.41, 5.74) is 0. The van der Waals surface area contributed by atoms with Gasteiger partial charge in [0.25, 0.3) is 0 Å². The summed E-state index contributed by atoms with van der Waals surface area (Å²) in [4.78, 5) is 22.2. The number of H-pyrrole nitrogens is 1. The van der Waals surface area contributed by atoms with Crippen LogP contribution in [-0.4, -0.2) is 43.8 Å². The van der Waals surface area contributed by atoms with E-state index in [1.165, 1.54) is 0 Å². The van der Waals surface area contributed by atoms with Gasteiger partial charge in [0.15, 0.2) is 5.82 Å². The highest BCUT2D eigenvalue weighted by molar-refractivity contribution is 5.74. The second-order valence-corrected chi connectivity index (χ2v) is 4.73. The molecule has 0 aliphatic rings. The predicted octanol–water partition coefficient (Wildman–Crippen LogP) is 0.278. The molecule has 2 unspecified atom stereocenters. The summed E-state index contributed by atoms with van der Waals surface area (Å²) >= 11 is 0. The van der Waals surface area contributed by atoms with Gasteiger partial charge in [0.05, 0.1) is 12.5 Å². The number of nitrogens with zero attached hydrogens (tertiary/aromatic N) is 3. The van der Waals surface area contributed by atoms with Gasteiger partial charge >= 0.3 is 12.0 Å². The van der Waals surface area contributed by atoms with E-state index in [9.17, 15) is 9.59 Å². The first kappa shape index (κ1) is 15.9. The fraction of sp³-hybridized carbons (Fsp3) is 0.727. The number of urea groups is 1. The average molecular weight is 284 g/mol. The van der Waals surface area contributed by atoms with Gasteiger partial charge in [-0.2, -0.15) is 5.21 Å². The van der Waals surface area contributed by atoms with Gasteiger partial charge in [-0.1, -0.05) is 18.6 Å². The zero-order chi connectivity index (χ0) is 15.0. The van der Waals surface area contributed by atoms with E-state index < -0.39 is 5.97 Å². The van der Waals surface area contributed by atoms with Gasteiger partial charge in [-0.05, 0) is 19.8 Å². The summed E-state index contributed by atoms with van der Waals surface area (Å²) in [6.07, 6.45) is 2.08. The number of hydrogen-bond acceptors (Lipinski definition) is 5. The molecule has 0 aromatic carbocycles. The van der Waals surface area contributed by atoms with E-state index in [4.69, 9.17) is 5.11 Å². The van der Waals surface area contributed by atoms with Crippen LogP contribution in [0.5, 0.6) is 0 Å². The number of rotatable bonds is 8. The van der Waals surface area contributed by atoms with Crippen LogP contribution in [0.25, 0.3) is 0 Å². The Morgan fingerprint density at radius 1 is 1.35 bits per heavy atom. The first-order chi connectivity index (χ1) is 9.49. The summed E-state index contributed by atoms with van der Waals surface area (Å²) in [6.45, 7) is 3.75. The highest BCUT2D eigenvalue weighted by Gasteiger charge is 2.12. The SMILES string of the molecule is CC(CCCC(C)C(=O)O)NC(=O)NCc1nn[nH]n1. The van der Waals surface area contributed by atoms with E-state index in [-0.39, 0.29) is 24.5 Å². The molecule has 0 aliphatic heterocycles. The fourth-order valence-corrected chi connectivity index (χ4v) is 1.62. The number of amides is 2. The number of carbonyl (C=O) groups is 2. The number of aromatic nitrogens is 4. The molecule has 20 heavy (non-hydrogen) atoms. The molecule has 9 heteroatoms. The minimum absolute atomic E-state index is 0.0266. The molecular weight excluding hydrogens is 264 g/mol. The van der Waals surface area contributed by atoms with Crippen molar-refractivity contribution in [2.45, 2.75) is 45.7 Å². The predicted molar refractivity (Wildman–Crippen MR) is 69.7 cm³/mol. The first-order valence-electron chi connectivity index (χ1n) is 6.48. The van der Waals surface area contributed by atoms with Crippen LogP contribution in [0.3, 0.4) is 0 Å². The molecule has 0 aliphatic carbocycles. The number of nitrogens with one attached hydrogen (secondary N) is 3. The molecule has 112 valence electrons. The molecule has 0 saturated heterocycles. The molecule has 0 radical (unpaired) electrons. The largest absolute Gasteiger partial charge is 0.481 e. The number of carboxylic acids is 1. The number of carbonyl (C=O) groups excluding carboxylic acids is 1. The van der Waals surface area contributed by atoms with E-state index in [2.05, 4.69) is 31.3 Å². The average Bonchev–Trinajstić information content (AvgIpc) is 2.89. The van der Waals surface area contributed by atoms with Crippen LogP contribution < -0.4 is 10.6 Å². The van der Waals surface area contributed by atoms with Gasteiger partial charge in [-0.3, -0.25) is 4.79 Å². The highest BCUT2D eigenvalue weighted by Crippen LogP contribution is 2.09. The van der Waals surface area contributed by atoms with Crippen molar-refractivity contribution in [3.8, 4) is 0 Å². The summed E-state index contributed by atoms with van der Waals surface area (Å²) in [5, 5.41) is 27.2. The molecule has 2 amide bonds. The topological polar surface area (TPSA) is 133 Å². The van der Waals surface area contributed by atoms with E-state index in [1.54, 1.807) is 6.92 Å². The van der Waals surface area contributed by atoms with Crippen molar-refractivity contribution in [1.82, 2.24) is 31.3 Å². The van der Waals surface area contributed by atoms with Crippen molar-refractivity contribution < 1.29 is 14.7 Å². The van der Waals surface area contributed by atoms with Gasteiger partial charge in [0, 0.05) is 6.04 Å². The summed E-state index contributed by atoms with van der Waals surface area (Å²) in [6, 6.07) is -0.338. The lowest BCUT2D eigenvalue weighted by molar-refractivity contribution is -0.141. The number of carboxylic acid groups (broad SMARTS) is 1. The minimum atomic E-state index is -0.788. The maximum absolute atomic E-state index is 11.6. The summed E-state index contributed by atoms with van der Waals surface area (Å²) < 4.78 is 0. The number of aromatic amines is 1. The highest BCUT2D eigenvalue weighted by atomic mass is 16.4. The minimum Gasteiger partial charge on any atom is -0.481 e. The molecule has 1 heterocycles. The zero-order valence-electron chi connectivity index (χ0n) is 11.6. The van der Waals surface area contributed by atoms with Crippen molar-refractivity contribution in [2.24, 2.45) is 5.92 Å². The number of aliphatic carboxylic acids is 1. The van der Waals surface area contributed by atoms with Gasteiger partial charge in [-0.15, -0.1) is 10.2 Å². The van der Waals surface area contributed by atoms with E-state index in [1.807, 2.05) is 6.92 Å². The smallest absolute Gasteiger partial charge is 0.315 e. The third-order valence-corrected chi connectivity index (χ3v) is 2.87. The lowest BCUT2D eigenvalue weighted by atomic mass is 10.0. The van der Waals surface area contributed by atoms with E-state index >= 15 is 0 Å². The molecule has 9 nitrogen and oxygen atoms in total. The Balaban J connectivity index is 2.13. The maximum Gasteiger partial charge on any atom is 0.315 e. The molecular formula is C11H20N6O3. The first-order valence-corrected chi connectivity index (χ1v) is 6.48. The zero-order valence-corrected chi connectivity index (χ0v) is 11.6. The van der Waals surface area contributed by atoms with Crippen molar-refractivity contribution in [3.05, 3.63) is 5.82 Å². The Labute approximate surface area is 116 Å². The van der Waals surface area contributed by atoms with Gasteiger partial charge in [0.1, 0.15) is 0 Å². The molecule has 1 rings (SSSR count). The Hall–Kier alpha value is -2.19. The number of tetrazole rings is 1. The standard InChI is InChI=1S/C11H20N6O3/c1-7(10(18)19)4-3-5-8(2)13-11(20)12-6-9-14-16-17-15-9/h7-8H,3-6H2,1-2H3,(H,18,19)(H2,12,13,20)(H,14,15,16,17). The van der Waals surface area contributed by atoms with Gasteiger partial charge in [-0.25, -0.2) is 4.79 Å². The monoisotopic (exact) mass is 284 g/mol. The molecule has 0 bridgehead atoms. The van der Waals surface area contributed by atoms with E-state index in [0.29, 0.717) is 12.2 Å². The molecule has 0 fully saturated rings. The Bertz CT molecular complexity index is 422. The third kappa shape index (κ3) is 6.12. The molecule has 1 aromatic heterocycles. The van der Waals surface area contributed by atoms with Crippen LogP contribution in [0, 0.1) is 5.92 Å². The molecule has 1 aromatic rings. The van der Waals surface area contributed by atoms with Crippen LogP contribution in [0.2, 0.25) is 0 Å². The quantitative estimate of drug-likeness (QED) is 0.542. The van der Waals surface area contributed by atoms with Crippen LogP contribution >= 0.6 is 0 Å². The van der Waals surface area contributed by atoms with Gasteiger partial charge < -0.3 is 15.7 Å². The number of hydrogen-bond donors (Lipinski definition) is 4. The van der Waals surface area contributed by atoms with E-state index in [0.717, 1.165) is 12.8 Å². The molecule has 4 N–H and O–H groups in total. The van der Waals surface area contributed by atoms with Crippen LogP contribution in [0.1, 0.15) is 38.9 Å². The van der Waals surface area contributed by atoms with Gasteiger partial charge in [0.2, 0.25) is 0 Å². The van der Waals surface area contributed by atoms with Crippen molar-refractivity contribution in [1.29, 1.82) is 0 Å². The third-order valence-electron chi connectivity index (χ3n) is 2.87. The second kappa shape index (κ2) is 8.08. The van der Waals surface area contributed by atoms with Crippen LogP contribution in [0.4, 0.5) is 4.79 Å². The van der Waals surface area contributed by atoms with Crippen LogP contribution in [-0.2, 0) is 11.3 Å². The van der Waals surface area contributed by atoms with Crippen molar-refractivity contribution >= 4 is 12.0 Å². The van der Waals surface area contributed by atoms with Crippen LogP contribution in [0.15, 0.2) is 0 Å². The fourth-order valence-electron chi connectivity index (χ4n) is 1.62. The Morgan fingerprint density at radius 3 is 2.70 bits per heavy atom. The molecule has 2 atom stereocenters. The second-order valence-electron chi connectivity index (χ2n) is 4.73. The molecule has 0 spiro atoms. The van der Waals surface area contributed by atoms with Crippen molar-refractivity contribution in [2.75, 3.05) is 0 Å². The molecule has 0 saturated carbocycles. The lowest BCUT2D eigenvalue weighted by Gasteiger charge is -2.14. The van der Waals surface area contributed by atoms with Crippen molar-refractivity contribution in [3.63, 3.8) is 0 Å². The summed E-state index contributed by atoms with van der Waals surface area (Å²) in [7, 11) is 0. The normalized spacial score (nSPS) is 13.5. The Morgan fingerprint density at radius 2 is 2.10 bits per heavy atom. The summed E-state index contributed by atoms with van der Waals surface area (Å²) in [5.74, 6) is -0.735. The lowest BCUT2D eigenvalue weighted by Crippen LogP contribution is -2.40.